The summed E-state index contributed by atoms with van der Waals surface area (Å²) in [6.07, 6.45) is 6.15. The third-order valence-electron chi connectivity index (χ3n) is 6.01. The van der Waals surface area contributed by atoms with Crippen LogP contribution in [0.15, 0.2) is 59.9 Å². The van der Waals surface area contributed by atoms with E-state index < -0.39 is 0 Å². The Balaban J connectivity index is 0.00000218. The molecule has 2 aliphatic rings. The fourth-order valence-electron chi connectivity index (χ4n) is 4.44. The lowest BCUT2D eigenvalue weighted by Gasteiger charge is -2.22. The molecule has 6 nitrogen and oxygen atoms in total. The number of halogens is 1. The van der Waals surface area contributed by atoms with Gasteiger partial charge in [-0.1, -0.05) is 36.4 Å². The zero-order valence-electron chi connectivity index (χ0n) is 17.1. The first kappa shape index (κ1) is 21.1. The zero-order chi connectivity index (χ0) is 19.6. The molecule has 7 heteroatoms. The molecule has 3 atom stereocenters. The molecule has 2 saturated heterocycles. The molecule has 30 heavy (non-hydrogen) atoms. The summed E-state index contributed by atoms with van der Waals surface area (Å²) in [6.45, 7) is 1.57. The van der Waals surface area contributed by atoms with E-state index >= 15 is 0 Å². The van der Waals surface area contributed by atoms with Gasteiger partial charge in [-0.3, -0.25) is 4.99 Å². The molecule has 2 N–H and O–H groups in total. The second kappa shape index (κ2) is 9.34. The number of rotatable bonds is 5. The summed E-state index contributed by atoms with van der Waals surface area (Å²) in [4.78, 5) is 8.85. The molecule has 3 aromatic rings. The van der Waals surface area contributed by atoms with Gasteiger partial charge in [0.15, 0.2) is 5.96 Å². The average Bonchev–Trinajstić information content (AvgIpc) is 3.48. The Morgan fingerprint density at radius 1 is 1.13 bits per heavy atom. The van der Waals surface area contributed by atoms with Crippen molar-refractivity contribution < 1.29 is 4.74 Å². The standard InChI is InChI=1S/C23H27N5O.HI/c1-24-23(27-20-12-18-10-11-22(20)29-18)25-13-16-6-8-17(9-7-16)14-28-15-26-19-4-2-3-5-21(19)28;/h2-9,15,18,20,22H,10-14H2,1H3,(H2,24,25,27);1H. The fourth-order valence-corrected chi connectivity index (χ4v) is 4.44. The van der Waals surface area contributed by atoms with Crippen LogP contribution in [-0.4, -0.2) is 40.8 Å². The van der Waals surface area contributed by atoms with Gasteiger partial charge in [0.1, 0.15) is 0 Å². The van der Waals surface area contributed by atoms with Crippen molar-refractivity contribution in [2.75, 3.05) is 7.05 Å². The minimum atomic E-state index is 0. The maximum absolute atomic E-state index is 5.92. The van der Waals surface area contributed by atoms with E-state index in [0.717, 1.165) is 42.9 Å². The summed E-state index contributed by atoms with van der Waals surface area (Å²) in [5.74, 6) is 0.847. The second-order valence-electron chi connectivity index (χ2n) is 7.96. The number of imidazole rings is 1. The van der Waals surface area contributed by atoms with Crippen LogP contribution in [0.4, 0.5) is 0 Å². The van der Waals surface area contributed by atoms with E-state index in [2.05, 4.69) is 61.6 Å². The van der Waals surface area contributed by atoms with E-state index in [4.69, 9.17) is 4.74 Å². The number of aliphatic imine (C=N–C) groups is 1. The Bertz CT molecular complexity index is 1020. The van der Waals surface area contributed by atoms with Gasteiger partial charge in [0.05, 0.1) is 35.6 Å². The van der Waals surface area contributed by atoms with Gasteiger partial charge >= 0.3 is 0 Å². The van der Waals surface area contributed by atoms with Gasteiger partial charge in [0, 0.05) is 20.1 Å². The summed E-state index contributed by atoms with van der Waals surface area (Å²) in [7, 11) is 1.82. The van der Waals surface area contributed by atoms with Crippen molar-refractivity contribution >= 4 is 41.0 Å². The van der Waals surface area contributed by atoms with E-state index in [9.17, 15) is 0 Å². The molecular weight excluding hydrogens is 489 g/mol. The number of hydrogen-bond acceptors (Lipinski definition) is 3. The topological polar surface area (TPSA) is 63.5 Å². The van der Waals surface area contributed by atoms with Crippen molar-refractivity contribution in [2.45, 2.75) is 50.6 Å². The Morgan fingerprint density at radius 3 is 2.67 bits per heavy atom. The Kier molecular flexibility index (Phi) is 6.58. The second-order valence-corrected chi connectivity index (χ2v) is 7.96. The number of para-hydroxylation sites is 2. The van der Waals surface area contributed by atoms with Gasteiger partial charge in [0.25, 0.3) is 0 Å². The predicted octanol–water partition coefficient (Wildman–Crippen LogP) is 3.69. The molecule has 1 aromatic heterocycles. The van der Waals surface area contributed by atoms with Crippen molar-refractivity contribution in [1.29, 1.82) is 0 Å². The lowest BCUT2D eigenvalue weighted by atomic mass is 9.96. The van der Waals surface area contributed by atoms with Crippen LogP contribution in [0.1, 0.15) is 30.4 Å². The smallest absolute Gasteiger partial charge is 0.191 e. The van der Waals surface area contributed by atoms with Crippen LogP contribution in [0, 0.1) is 0 Å². The molecule has 0 saturated carbocycles. The quantitative estimate of drug-likeness (QED) is 0.308. The third-order valence-corrected chi connectivity index (χ3v) is 6.01. The summed E-state index contributed by atoms with van der Waals surface area (Å²) < 4.78 is 8.11. The van der Waals surface area contributed by atoms with Crippen molar-refractivity contribution in [1.82, 2.24) is 20.2 Å². The van der Waals surface area contributed by atoms with Crippen molar-refractivity contribution in [2.24, 2.45) is 4.99 Å². The molecule has 5 rings (SSSR count). The average molecular weight is 517 g/mol. The molecule has 2 fully saturated rings. The highest BCUT2D eigenvalue weighted by Crippen LogP contribution is 2.34. The van der Waals surface area contributed by atoms with E-state index in [1.165, 1.54) is 17.5 Å². The number of ether oxygens (including phenoxy) is 1. The van der Waals surface area contributed by atoms with Gasteiger partial charge in [-0.05, 0) is 42.5 Å². The summed E-state index contributed by atoms with van der Waals surface area (Å²) in [6, 6.07) is 17.3. The van der Waals surface area contributed by atoms with Crippen molar-refractivity contribution in [3.05, 3.63) is 66.0 Å². The Labute approximate surface area is 194 Å². The number of hydrogen-bond donors (Lipinski definition) is 2. The molecular formula is C23H28IN5O. The molecule has 2 bridgehead atoms. The lowest BCUT2D eigenvalue weighted by Crippen LogP contribution is -2.47. The minimum absolute atomic E-state index is 0. The number of nitrogens with one attached hydrogen (secondary N) is 2. The molecule has 3 unspecified atom stereocenters. The van der Waals surface area contributed by atoms with E-state index in [0.29, 0.717) is 18.2 Å². The van der Waals surface area contributed by atoms with Crippen LogP contribution in [0.2, 0.25) is 0 Å². The molecule has 2 aliphatic heterocycles. The Morgan fingerprint density at radius 2 is 1.93 bits per heavy atom. The van der Waals surface area contributed by atoms with E-state index in [1.54, 1.807) is 0 Å². The summed E-state index contributed by atoms with van der Waals surface area (Å²) >= 11 is 0. The van der Waals surface area contributed by atoms with Crippen LogP contribution in [0.3, 0.4) is 0 Å². The highest BCUT2D eigenvalue weighted by molar-refractivity contribution is 14.0. The SMILES string of the molecule is CN=C(NCc1ccc(Cn2cnc3ccccc32)cc1)NC1CC2CCC1O2.I. The predicted molar refractivity (Wildman–Crippen MR) is 130 cm³/mol. The van der Waals surface area contributed by atoms with Gasteiger partial charge in [-0.15, -0.1) is 24.0 Å². The van der Waals surface area contributed by atoms with Crippen LogP contribution >= 0.6 is 24.0 Å². The van der Waals surface area contributed by atoms with Crippen molar-refractivity contribution in [3.8, 4) is 0 Å². The molecule has 0 spiro atoms. The summed E-state index contributed by atoms with van der Waals surface area (Å²) in [5, 5.41) is 6.96. The number of benzene rings is 2. The van der Waals surface area contributed by atoms with Gasteiger partial charge in [0.2, 0.25) is 0 Å². The van der Waals surface area contributed by atoms with Gasteiger partial charge in [-0.25, -0.2) is 4.98 Å². The van der Waals surface area contributed by atoms with Crippen molar-refractivity contribution in [3.63, 3.8) is 0 Å². The van der Waals surface area contributed by atoms with Gasteiger partial charge in [-0.2, -0.15) is 0 Å². The maximum Gasteiger partial charge on any atom is 0.191 e. The molecule has 3 heterocycles. The molecule has 158 valence electrons. The van der Waals surface area contributed by atoms with E-state index in [1.807, 2.05) is 25.5 Å². The monoisotopic (exact) mass is 517 g/mol. The number of guanidine groups is 1. The number of aromatic nitrogens is 2. The highest BCUT2D eigenvalue weighted by atomic mass is 127. The fraction of sp³-hybridized carbons (Fsp3) is 0.391. The van der Waals surface area contributed by atoms with Crippen LogP contribution in [-0.2, 0) is 17.8 Å². The third kappa shape index (κ3) is 4.46. The molecule has 0 amide bonds. The Hall–Kier alpha value is -2.13. The normalized spacial score (nSPS) is 22.8. The maximum atomic E-state index is 5.92. The molecule has 0 radical (unpaired) electrons. The largest absolute Gasteiger partial charge is 0.373 e. The van der Waals surface area contributed by atoms with Gasteiger partial charge < -0.3 is 19.9 Å². The zero-order valence-corrected chi connectivity index (χ0v) is 19.5. The van der Waals surface area contributed by atoms with Crippen LogP contribution < -0.4 is 10.6 Å². The van der Waals surface area contributed by atoms with Crippen LogP contribution in [0.5, 0.6) is 0 Å². The van der Waals surface area contributed by atoms with E-state index in [-0.39, 0.29) is 24.0 Å². The molecule has 0 aliphatic carbocycles. The lowest BCUT2D eigenvalue weighted by molar-refractivity contribution is 0.0992. The summed E-state index contributed by atoms with van der Waals surface area (Å²) in [5.41, 5.74) is 4.70. The van der Waals surface area contributed by atoms with Crippen LogP contribution in [0.25, 0.3) is 11.0 Å². The number of nitrogens with zero attached hydrogens (tertiary/aromatic N) is 3. The first-order valence-electron chi connectivity index (χ1n) is 10.4. The minimum Gasteiger partial charge on any atom is -0.373 e. The number of fused-ring (bicyclic) bond motifs is 3. The first-order valence-corrected chi connectivity index (χ1v) is 10.4. The first-order chi connectivity index (χ1) is 14.3. The highest BCUT2D eigenvalue weighted by Gasteiger charge is 2.41. The molecule has 2 aromatic carbocycles.